The number of benzene rings is 1. The first-order valence-electron chi connectivity index (χ1n) is 7.88. The van der Waals surface area contributed by atoms with Crippen molar-refractivity contribution in [1.82, 2.24) is 5.32 Å². The zero-order valence-electron chi connectivity index (χ0n) is 11.9. The van der Waals surface area contributed by atoms with Crippen LogP contribution in [0.1, 0.15) is 50.0 Å². The van der Waals surface area contributed by atoms with Crippen molar-refractivity contribution in [1.29, 1.82) is 0 Å². The second-order valence-corrected chi connectivity index (χ2v) is 7.33. The summed E-state index contributed by atoms with van der Waals surface area (Å²) in [6.07, 6.45) is 7.53. The molecule has 0 saturated heterocycles. The number of rotatable bonds is 4. The van der Waals surface area contributed by atoms with Gasteiger partial charge in [-0.15, -0.1) is 0 Å². The number of halogens is 1. The fourth-order valence-electron chi connectivity index (χ4n) is 3.71. The van der Waals surface area contributed by atoms with Gasteiger partial charge in [0.15, 0.2) is 0 Å². The fourth-order valence-corrected chi connectivity index (χ4v) is 3.97. The van der Waals surface area contributed by atoms with Crippen molar-refractivity contribution in [2.45, 2.75) is 56.5 Å². The second kappa shape index (κ2) is 6.59. The molecule has 1 aromatic rings. The third kappa shape index (κ3) is 3.26. The van der Waals surface area contributed by atoms with Crippen LogP contribution in [0.3, 0.4) is 0 Å². The van der Waals surface area contributed by atoms with Gasteiger partial charge in [0, 0.05) is 23.2 Å². The summed E-state index contributed by atoms with van der Waals surface area (Å²) in [7, 11) is 0. The maximum atomic E-state index is 9.48. The molecule has 0 heterocycles. The molecule has 2 fully saturated rings. The van der Waals surface area contributed by atoms with E-state index in [0.29, 0.717) is 24.6 Å². The van der Waals surface area contributed by atoms with E-state index in [1.807, 2.05) is 0 Å². The molecule has 2 aliphatic rings. The van der Waals surface area contributed by atoms with E-state index in [9.17, 15) is 5.11 Å². The van der Waals surface area contributed by atoms with Gasteiger partial charge in [0.05, 0.1) is 0 Å². The van der Waals surface area contributed by atoms with Gasteiger partial charge >= 0.3 is 0 Å². The molecule has 0 aliphatic heterocycles. The lowest BCUT2D eigenvalue weighted by atomic mass is 9.74. The Morgan fingerprint density at radius 2 is 1.80 bits per heavy atom. The number of hydrogen-bond acceptors (Lipinski definition) is 2. The van der Waals surface area contributed by atoms with Crippen molar-refractivity contribution in [3.63, 3.8) is 0 Å². The van der Waals surface area contributed by atoms with E-state index in [0.717, 1.165) is 10.4 Å². The van der Waals surface area contributed by atoms with Gasteiger partial charge in [0.1, 0.15) is 0 Å². The molecule has 2 saturated carbocycles. The average molecular weight is 338 g/mol. The van der Waals surface area contributed by atoms with Crippen molar-refractivity contribution < 1.29 is 5.11 Å². The van der Waals surface area contributed by atoms with Crippen molar-refractivity contribution in [3.05, 3.63) is 34.3 Å². The van der Waals surface area contributed by atoms with Gasteiger partial charge in [-0.25, -0.2) is 0 Å². The summed E-state index contributed by atoms with van der Waals surface area (Å²) in [5, 5.41) is 13.3. The van der Waals surface area contributed by atoms with Crippen molar-refractivity contribution in [3.8, 4) is 0 Å². The first-order valence-corrected chi connectivity index (χ1v) is 8.68. The molecule has 2 N–H and O–H groups in total. The number of aliphatic hydroxyl groups is 1. The summed E-state index contributed by atoms with van der Waals surface area (Å²) < 4.78 is 1.16. The molecule has 1 aromatic carbocycles. The van der Waals surface area contributed by atoms with Gasteiger partial charge in [0.25, 0.3) is 0 Å². The highest BCUT2D eigenvalue weighted by Gasteiger charge is 2.34. The second-order valence-electron chi connectivity index (χ2n) is 6.42. The Morgan fingerprint density at radius 3 is 2.50 bits per heavy atom. The van der Waals surface area contributed by atoms with Crippen LogP contribution in [0.2, 0.25) is 0 Å². The highest BCUT2D eigenvalue weighted by atomic mass is 79.9. The van der Waals surface area contributed by atoms with E-state index in [-0.39, 0.29) is 0 Å². The maximum Gasteiger partial charge on any atom is 0.0474 e. The molecular weight excluding hydrogens is 314 g/mol. The molecule has 110 valence electrons. The Hall–Kier alpha value is -0.380. The smallest absolute Gasteiger partial charge is 0.0474 e. The molecule has 2 atom stereocenters. The van der Waals surface area contributed by atoms with E-state index >= 15 is 0 Å². The van der Waals surface area contributed by atoms with Gasteiger partial charge in [-0.05, 0) is 55.2 Å². The first-order chi connectivity index (χ1) is 9.76. The fraction of sp³-hybridized carbons (Fsp3) is 0.647. The molecule has 3 rings (SSSR count). The summed E-state index contributed by atoms with van der Waals surface area (Å²) in [6, 6.07) is 9.95. The largest absolute Gasteiger partial charge is 0.396 e. The Kier molecular flexibility index (Phi) is 4.79. The molecule has 0 radical (unpaired) electrons. The van der Waals surface area contributed by atoms with Crippen LogP contribution in [0.25, 0.3) is 0 Å². The average Bonchev–Trinajstić information content (AvgIpc) is 2.44. The van der Waals surface area contributed by atoms with Crippen molar-refractivity contribution >= 4 is 15.9 Å². The van der Waals surface area contributed by atoms with Crippen LogP contribution in [-0.2, 0) is 0 Å². The van der Waals surface area contributed by atoms with Crippen molar-refractivity contribution in [2.24, 2.45) is 5.92 Å². The molecule has 0 spiro atoms. The number of nitrogens with one attached hydrogen (secondary N) is 1. The van der Waals surface area contributed by atoms with Crippen LogP contribution in [0.5, 0.6) is 0 Å². The molecular formula is C17H24BrNO. The monoisotopic (exact) mass is 337 g/mol. The molecule has 0 aromatic heterocycles. The lowest BCUT2D eigenvalue weighted by molar-refractivity contribution is 0.130. The molecule has 2 nitrogen and oxygen atoms in total. The molecule has 2 aliphatic carbocycles. The Balaban J connectivity index is 1.49. The van der Waals surface area contributed by atoms with E-state index in [1.165, 1.54) is 44.1 Å². The predicted octanol–water partition coefficient (Wildman–Crippen LogP) is 3.84. The lowest BCUT2D eigenvalue weighted by Gasteiger charge is -2.42. The topological polar surface area (TPSA) is 32.3 Å². The van der Waals surface area contributed by atoms with Gasteiger partial charge < -0.3 is 10.4 Å². The summed E-state index contributed by atoms with van der Waals surface area (Å²) >= 11 is 3.49. The minimum atomic E-state index is 0.348. The summed E-state index contributed by atoms with van der Waals surface area (Å²) in [5.41, 5.74) is 1.47. The minimum absolute atomic E-state index is 0.348. The molecule has 20 heavy (non-hydrogen) atoms. The number of aliphatic hydroxyl groups excluding tert-OH is 1. The van der Waals surface area contributed by atoms with Crippen LogP contribution in [-0.4, -0.2) is 23.8 Å². The minimum Gasteiger partial charge on any atom is -0.396 e. The lowest BCUT2D eigenvalue weighted by Crippen LogP contribution is -2.50. The highest BCUT2D eigenvalue weighted by Crippen LogP contribution is 2.38. The van der Waals surface area contributed by atoms with Crippen LogP contribution in [0.15, 0.2) is 28.7 Å². The standard InChI is InChI=1S/C17H24BrNO/c18-15-7-5-12(6-8-15)14-9-16(10-14)19-17-4-2-1-3-13(17)11-20/h5-8,13-14,16-17,19-20H,1-4,9-11H2. The maximum absolute atomic E-state index is 9.48. The zero-order valence-corrected chi connectivity index (χ0v) is 13.5. The van der Waals surface area contributed by atoms with Gasteiger partial charge in [-0.3, -0.25) is 0 Å². The molecule has 0 amide bonds. The van der Waals surface area contributed by atoms with Crippen LogP contribution < -0.4 is 5.32 Å². The summed E-state index contributed by atoms with van der Waals surface area (Å²) in [6.45, 7) is 0.348. The normalized spacial score (nSPS) is 33.7. The predicted molar refractivity (Wildman–Crippen MR) is 85.9 cm³/mol. The van der Waals surface area contributed by atoms with E-state index < -0.39 is 0 Å². The van der Waals surface area contributed by atoms with Gasteiger partial charge in [-0.1, -0.05) is 40.9 Å². The number of hydrogen-bond donors (Lipinski definition) is 2. The van der Waals surface area contributed by atoms with Crippen molar-refractivity contribution in [2.75, 3.05) is 6.61 Å². The SMILES string of the molecule is OCC1CCCCC1NC1CC(c2ccc(Br)cc2)C1. The summed E-state index contributed by atoms with van der Waals surface area (Å²) in [5.74, 6) is 1.20. The van der Waals surface area contributed by atoms with E-state index in [4.69, 9.17) is 0 Å². The van der Waals surface area contributed by atoms with E-state index in [1.54, 1.807) is 0 Å². The highest BCUT2D eigenvalue weighted by molar-refractivity contribution is 9.10. The zero-order chi connectivity index (χ0) is 13.9. The molecule has 2 unspecified atom stereocenters. The first kappa shape index (κ1) is 14.6. The molecule has 0 bridgehead atoms. The Labute approximate surface area is 130 Å². The Morgan fingerprint density at radius 1 is 1.10 bits per heavy atom. The van der Waals surface area contributed by atoms with Crippen LogP contribution in [0, 0.1) is 5.92 Å². The molecule has 3 heteroatoms. The third-order valence-corrected chi connectivity index (χ3v) is 5.60. The third-order valence-electron chi connectivity index (χ3n) is 5.07. The van der Waals surface area contributed by atoms with Crippen LogP contribution in [0.4, 0.5) is 0 Å². The van der Waals surface area contributed by atoms with Gasteiger partial charge in [-0.2, -0.15) is 0 Å². The van der Waals surface area contributed by atoms with Crippen LogP contribution >= 0.6 is 15.9 Å². The Bertz CT molecular complexity index is 427. The van der Waals surface area contributed by atoms with E-state index in [2.05, 4.69) is 45.5 Å². The summed E-state index contributed by atoms with van der Waals surface area (Å²) in [4.78, 5) is 0. The quantitative estimate of drug-likeness (QED) is 0.874. The van der Waals surface area contributed by atoms with Gasteiger partial charge in [0.2, 0.25) is 0 Å².